The standard InChI is InChI=1S/C29H46O8/c1-21(2)27(30)35-18-8-6-5-7-17-33-24-11-9-23(10-12-24)29(32)37-26-15-13-25(14-16-26)34-19-20-36-28(31)22(3)4/h23-26H,1,3,5-20H2,2,4H3. The molecule has 0 aromatic rings. The molecule has 37 heavy (non-hydrogen) atoms. The van der Waals surface area contributed by atoms with Crippen LogP contribution in [0.2, 0.25) is 0 Å². The van der Waals surface area contributed by atoms with Crippen molar-refractivity contribution in [2.75, 3.05) is 26.4 Å². The summed E-state index contributed by atoms with van der Waals surface area (Å²) in [5.41, 5.74) is 0.815. The van der Waals surface area contributed by atoms with Crippen molar-refractivity contribution in [3.63, 3.8) is 0 Å². The Morgan fingerprint density at radius 2 is 1.05 bits per heavy atom. The van der Waals surface area contributed by atoms with Crippen LogP contribution in [0.5, 0.6) is 0 Å². The maximum absolute atomic E-state index is 12.7. The Kier molecular flexibility index (Phi) is 14.5. The molecule has 8 nitrogen and oxygen atoms in total. The number of esters is 3. The number of carbonyl (C=O) groups excluding carboxylic acids is 3. The summed E-state index contributed by atoms with van der Waals surface area (Å²) in [7, 11) is 0. The Labute approximate surface area is 222 Å². The first-order chi connectivity index (χ1) is 17.8. The van der Waals surface area contributed by atoms with Gasteiger partial charge in [-0.25, -0.2) is 9.59 Å². The monoisotopic (exact) mass is 522 g/mol. The molecule has 0 aromatic carbocycles. The lowest BCUT2D eigenvalue weighted by atomic mass is 9.87. The Hall–Kier alpha value is -2.19. The molecule has 0 saturated heterocycles. The second kappa shape index (κ2) is 17.3. The fourth-order valence-electron chi connectivity index (χ4n) is 4.61. The van der Waals surface area contributed by atoms with Crippen molar-refractivity contribution in [2.24, 2.45) is 5.92 Å². The van der Waals surface area contributed by atoms with E-state index in [0.29, 0.717) is 24.4 Å². The van der Waals surface area contributed by atoms with Gasteiger partial charge in [-0.15, -0.1) is 0 Å². The molecule has 2 saturated carbocycles. The Morgan fingerprint density at radius 1 is 0.595 bits per heavy atom. The third kappa shape index (κ3) is 12.7. The van der Waals surface area contributed by atoms with Crippen LogP contribution in [0.4, 0.5) is 0 Å². The number of unbranched alkanes of at least 4 members (excludes halogenated alkanes) is 3. The van der Waals surface area contributed by atoms with Gasteiger partial charge >= 0.3 is 17.9 Å². The number of carbonyl (C=O) groups is 3. The highest BCUT2D eigenvalue weighted by atomic mass is 16.6. The van der Waals surface area contributed by atoms with E-state index in [1.807, 2.05) is 0 Å². The van der Waals surface area contributed by atoms with Crippen molar-refractivity contribution < 1.29 is 38.1 Å². The highest BCUT2D eigenvalue weighted by molar-refractivity contribution is 5.87. The first-order valence-corrected chi connectivity index (χ1v) is 13.8. The minimum Gasteiger partial charge on any atom is -0.462 e. The van der Waals surface area contributed by atoms with Crippen molar-refractivity contribution in [1.29, 1.82) is 0 Å². The van der Waals surface area contributed by atoms with Crippen LogP contribution in [0.1, 0.15) is 90.9 Å². The molecule has 0 aliphatic heterocycles. The highest BCUT2D eigenvalue weighted by Gasteiger charge is 2.31. The molecule has 2 aliphatic rings. The molecule has 0 spiro atoms. The third-order valence-electron chi connectivity index (χ3n) is 6.90. The molecule has 2 fully saturated rings. The predicted molar refractivity (Wildman–Crippen MR) is 140 cm³/mol. The lowest BCUT2D eigenvalue weighted by Crippen LogP contribution is -2.33. The zero-order chi connectivity index (χ0) is 27.0. The average molecular weight is 523 g/mol. The fourth-order valence-corrected chi connectivity index (χ4v) is 4.61. The quantitative estimate of drug-likeness (QED) is 0.118. The smallest absolute Gasteiger partial charge is 0.333 e. The summed E-state index contributed by atoms with van der Waals surface area (Å²) in [6, 6.07) is 0. The summed E-state index contributed by atoms with van der Waals surface area (Å²) >= 11 is 0. The van der Waals surface area contributed by atoms with Gasteiger partial charge in [-0.2, -0.15) is 0 Å². The van der Waals surface area contributed by atoms with Gasteiger partial charge in [0.2, 0.25) is 0 Å². The summed E-state index contributed by atoms with van der Waals surface area (Å²) in [6.45, 7) is 12.1. The van der Waals surface area contributed by atoms with Crippen LogP contribution in [0.15, 0.2) is 24.3 Å². The van der Waals surface area contributed by atoms with Crippen LogP contribution >= 0.6 is 0 Å². The van der Waals surface area contributed by atoms with Gasteiger partial charge in [-0.1, -0.05) is 19.6 Å². The highest BCUT2D eigenvalue weighted by Crippen LogP contribution is 2.30. The molecule has 8 heteroatoms. The Morgan fingerprint density at radius 3 is 1.62 bits per heavy atom. The van der Waals surface area contributed by atoms with Gasteiger partial charge in [-0.3, -0.25) is 4.79 Å². The lowest BCUT2D eigenvalue weighted by molar-refractivity contribution is -0.159. The van der Waals surface area contributed by atoms with Crippen LogP contribution in [-0.2, 0) is 38.1 Å². The summed E-state index contributed by atoms with van der Waals surface area (Å²) in [5.74, 6) is -0.815. The average Bonchev–Trinajstić information content (AvgIpc) is 2.88. The van der Waals surface area contributed by atoms with Crippen molar-refractivity contribution in [3.05, 3.63) is 24.3 Å². The normalized spacial score (nSPS) is 23.6. The van der Waals surface area contributed by atoms with Crippen molar-refractivity contribution in [1.82, 2.24) is 0 Å². The maximum Gasteiger partial charge on any atom is 0.333 e. The summed E-state index contributed by atoms with van der Waals surface area (Å²) in [5, 5.41) is 0. The van der Waals surface area contributed by atoms with E-state index in [2.05, 4.69) is 13.2 Å². The lowest BCUT2D eigenvalue weighted by Gasteiger charge is -2.31. The van der Waals surface area contributed by atoms with E-state index in [1.165, 1.54) is 0 Å². The van der Waals surface area contributed by atoms with Crippen LogP contribution in [0.3, 0.4) is 0 Å². The predicted octanol–water partition coefficient (Wildman–Crippen LogP) is 5.23. The van der Waals surface area contributed by atoms with Crippen LogP contribution in [0, 0.1) is 5.92 Å². The van der Waals surface area contributed by atoms with Crippen LogP contribution < -0.4 is 0 Å². The van der Waals surface area contributed by atoms with Gasteiger partial charge in [0.05, 0.1) is 31.3 Å². The Balaban J connectivity index is 1.47. The molecule has 0 atom stereocenters. The van der Waals surface area contributed by atoms with E-state index in [-0.39, 0.29) is 42.8 Å². The minimum atomic E-state index is -0.396. The first-order valence-electron chi connectivity index (χ1n) is 13.8. The van der Waals surface area contributed by atoms with Crippen molar-refractivity contribution in [2.45, 2.75) is 109 Å². The summed E-state index contributed by atoms with van der Waals surface area (Å²) < 4.78 is 27.8. The molecule has 2 aliphatic carbocycles. The molecular formula is C29H46O8. The van der Waals surface area contributed by atoms with E-state index in [1.54, 1.807) is 13.8 Å². The van der Waals surface area contributed by atoms with Crippen molar-refractivity contribution >= 4 is 17.9 Å². The summed E-state index contributed by atoms with van der Waals surface area (Å²) in [4.78, 5) is 35.3. The summed E-state index contributed by atoms with van der Waals surface area (Å²) in [6.07, 6.45) is 10.9. The number of ether oxygens (including phenoxy) is 5. The molecule has 0 N–H and O–H groups in total. The molecule has 0 aromatic heterocycles. The van der Waals surface area contributed by atoms with E-state index in [9.17, 15) is 14.4 Å². The zero-order valence-electron chi connectivity index (χ0n) is 22.8. The van der Waals surface area contributed by atoms with E-state index in [0.717, 1.165) is 83.7 Å². The van der Waals surface area contributed by atoms with Gasteiger partial charge in [0.25, 0.3) is 0 Å². The van der Waals surface area contributed by atoms with Gasteiger partial charge in [0.1, 0.15) is 12.7 Å². The number of hydrogen-bond acceptors (Lipinski definition) is 8. The first kappa shape index (κ1) is 31.0. The van der Waals surface area contributed by atoms with Gasteiger partial charge in [0.15, 0.2) is 0 Å². The van der Waals surface area contributed by atoms with Crippen LogP contribution in [0.25, 0.3) is 0 Å². The molecular weight excluding hydrogens is 476 g/mol. The molecule has 2 rings (SSSR count). The topological polar surface area (TPSA) is 97.4 Å². The molecule has 210 valence electrons. The second-order valence-corrected chi connectivity index (χ2v) is 10.3. The van der Waals surface area contributed by atoms with E-state index < -0.39 is 5.97 Å². The molecule has 0 amide bonds. The van der Waals surface area contributed by atoms with E-state index in [4.69, 9.17) is 23.7 Å². The van der Waals surface area contributed by atoms with Crippen molar-refractivity contribution in [3.8, 4) is 0 Å². The largest absolute Gasteiger partial charge is 0.462 e. The van der Waals surface area contributed by atoms with Gasteiger partial charge in [0, 0.05) is 17.8 Å². The zero-order valence-corrected chi connectivity index (χ0v) is 22.8. The SMILES string of the molecule is C=C(C)C(=O)OCCCCCCOC1CCC(C(=O)OC2CCC(OCCOC(=O)C(=C)C)CC2)CC1. The Bertz CT molecular complexity index is 745. The van der Waals surface area contributed by atoms with Gasteiger partial charge in [-0.05, 0) is 84.5 Å². The third-order valence-corrected chi connectivity index (χ3v) is 6.90. The minimum absolute atomic E-state index is 0.0289. The second-order valence-electron chi connectivity index (χ2n) is 10.3. The van der Waals surface area contributed by atoms with E-state index >= 15 is 0 Å². The van der Waals surface area contributed by atoms with Crippen LogP contribution in [-0.4, -0.2) is 62.6 Å². The number of rotatable bonds is 16. The molecule has 0 unspecified atom stereocenters. The molecule has 0 heterocycles. The number of hydrogen-bond donors (Lipinski definition) is 0. The molecule has 0 radical (unpaired) electrons. The maximum atomic E-state index is 12.7. The van der Waals surface area contributed by atoms with Gasteiger partial charge < -0.3 is 23.7 Å². The molecule has 0 bridgehead atoms. The fraction of sp³-hybridized carbons (Fsp3) is 0.759.